The van der Waals surface area contributed by atoms with E-state index >= 15 is 0 Å². The lowest BCUT2D eigenvalue weighted by Gasteiger charge is -2.01. The van der Waals surface area contributed by atoms with Crippen LogP contribution in [0.25, 0.3) is 11.3 Å². The van der Waals surface area contributed by atoms with Crippen molar-refractivity contribution in [3.63, 3.8) is 0 Å². The fraction of sp³-hybridized carbons (Fsp3) is 0.100. The van der Waals surface area contributed by atoms with Gasteiger partial charge in [0.2, 0.25) is 0 Å². The number of furan rings is 1. The molecule has 0 unspecified atom stereocenters. The molecular weight excluding hydrogens is 338 g/mol. The quantitative estimate of drug-likeness (QED) is 0.447. The van der Waals surface area contributed by atoms with Gasteiger partial charge < -0.3 is 9.15 Å². The van der Waals surface area contributed by atoms with Crippen molar-refractivity contribution in [1.82, 2.24) is 0 Å². The third kappa shape index (κ3) is 4.17. The highest BCUT2D eigenvalue weighted by Crippen LogP contribution is 2.28. The zero-order valence-corrected chi connectivity index (χ0v) is 14.4. The maximum Gasteiger partial charge on any atom is 0.338 e. The lowest BCUT2D eigenvalue weighted by Crippen LogP contribution is -2.03. The van der Waals surface area contributed by atoms with Crippen molar-refractivity contribution < 1.29 is 13.9 Å². The van der Waals surface area contributed by atoms with Crippen molar-refractivity contribution in [2.75, 3.05) is 6.61 Å². The second-order valence-electron chi connectivity index (χ2n) is 5.21. The summed E-state index contributed by atoms with van der Waals surface area (Å²) in [5, 5.41) is 0.634. The van der Waals surface area contributed by atoms with Gasteiger partial charge in [-0.15, -0.1) is 0 Å². The molecule has 3 rings (SSSR count). The number of carbonyl (C=O) groups is 1. The molecule has 0 aliphatic carbocycles. The van der Waals surface area contributed by atoms with Gasteiger partial charge >= 0.3 is 5.97 Å². The van der Waals surface area contributed by atoms with Gasteiger partial charge in [-0.25, -0.2) is 4.79 Å². The molecule has 0 atom stereocenters. The van der Waals surface area contributed by atoms with Crippen LogP contribution in [0.3, 0.4) is 0 Å². The summed E-state index contributed by atoms with van der Waals surface area (Å²) in [7, 11) is 0. The molecule has 126 valence electrons. The second kappa shape index (κ2) is 7.81. The SMILES string of the molecule is CCOC(=O)c1ccc(N=Cc2ccc(-c3ccccc3Cl)o2)cc1. The normalized spacial score (nSPS) is 11.0. The van der Waals surface area contributed by atoms with Crippen LogP contribution in [-0.2, 0) is 4.74 Å². The van der Waals surface area contributed by atoms with Crippen LogP contribution < -0.4 is 0 Å². The number of rotatable bonds is 5. The van der Waals surface area contributed by atoms with Crippen LogP contribution in [0.15, 0.2) is 70.1 Å². The molecule has 0 radical (unpaired) electrons. The van der Waals surface area contributed by atoms with Crippen molar-refractivity contribution in [3.05, 3.63) is 77.0 Å². The van der Waals surface area contributed by atoms with Crippen LogP contribution in [0, 0.1) is 0 Å². The first-order valence-corrected chi connectivity index (χ1v) is 8.21. The highest BCUT2D eigenvalue weighted by molar-refractivity contribution is 6.33. The number of carbonyl (C=O) groups excluding carboxylic acids is 1. The zero-order chi connectivity index (χ0) is 17.6. The van der Waals surface area contributed by atoms with Crippen molar-refractivity contribution in [1.29, 1.82) is 0 Å². The van der Waals surface area contributed by atoms with Gasteiger partial charge in [-0.3, -0.25) is 4.99 Å². The van der Waals surface area contributed by atoms with Crippen LogP contribution in [0.5, 0.6) is 0 Å². The molecule has 0 aliphatic rings. The molecule has 0 aliphatic heterocycles. The Kier molecular flexibility index (Phi) is 5.31. The molecule has 0 spiro atoms. The van der Waals surface area contributed by atoms with Gasteiger partial charge in [-0.05, 0) is 55.5 Å². The maximum atomic E-state index is 11.6. The van der Waals surface area contributed by atoms with Crippen molar-refractivity contribution in [2.24, 2.45) is 4.99 Å². The minimum absolute atomic E-state index is 0.339. The number of nitrogens with zero attached hydrogens (tertiary/aromatic N) is 1. The Morgan fingerprint density at radius 2 is 1.88 bits per heavy atom. The first kappa shape index (κ1) is 17.0. The molecule has 0 saturated heterocycles. The molecule has 5 heteroatoms. The molecule has 2 aromatic carbocycles. The van der Waals surface area contributed by atoms with Crippen LogP contribution in [0.4, 0.5) is 5.69 Å². The minimum Gasteiger partial charge on any atom is -0.462 e. The lowest BCUT2D eigenvalue weighted by atomic mass is 10.2. The number of aliphatic imine (C=N–C) groups is 1. The Balaban J connectivity index is 1.73. The Labute approximate surface area is 150 Å². The molecule has 3 aromatic rings. The standard InChI is InChI=1S/C20H16ClNO3/c1-2-24-20(23)14-7-9-15(10-8-14)22-13-16-11-12-19(25-16)17-5-3-4-6-18(17)21/h3-13H,2H2,1H3. The fourth-order valence-corrected chi connectivity index (χ4v) is 2.49. The second-order valence-corrected chi connectivity index (χ2v) is 5.61. The zero-order valence-electron chi connectivity index (χ0n) is 13.6. The molecule has 4 nitrogen and oxygen atoms in total. The predicted octanol–water partition coefficient (Wildman–Crippen LogP) is 5.53. The molecule has 1 heterocycles. The minimum atomic E-state index is -0.339. The molecule has 0 bridgehead atoms. The lowest BCUT2D eigenvalue weighted by molar-refractivity contribution is 0.0526. The summed E-state index contributed by atoms with van der Waals surface area (Å²) >= 11 is 6.17. The number of halogens is 1. The maximum absolute atomic E-state index is 11.6. The van der Waals surface area contributed by atoms with E-state index in [1.807, 2.05) is 36.4 Å². The highest BCUT2D eigenvalue weighted by atomic mass is 35.5. The van der Waals surface area contributed by atoms with Gasteiger partial charge in [-0.1, -0.05) is 23.7 Å². The summed E-state index contributed by atoms with van der Waals surface area (Å²) < 4.78 is 10.7. The highest BCUT2D eigenvalue weighted by Gasteiger charge is 2.07. The van der Waals surface area contributed by atoms with E-state index < -0.39 is 0 Å². The molecule has 0 N–H and O–H groups in total. The topological polar surface area (TPSA) is 51.8 Å². The van der Waals surface area contributed by atoms with Gasteiger partial charge in [0.15, 0.2) is 0 Å². The van der Waals surface area contributed by atoms with Gasteiger partial charge in [0.25, 0.3) is 0 Å². The van der Waals surface area contributed by atoms with Crippen molar-refractivity contribution >= 4 is 29.5 Å². The number of hydrogen-bond donors (Lipinski definition) is 0. The Bertz CT molecular complexity index is 897. The van der Waals surface area contributed by atoms with Crippen LogP contribution in [-0.4, -0.2) is 18.8 Å². The van der Waals surface area contributed by atoms with Gasteiger partial charge in [0.1, 0.15) is 11.5 Å². The fourth-order valence-electron chi connectivity index (χ4n) is 2.26. The van der Waals surface area contributed by atoms with Crippen molar-refractivity contribution in [3.8, 4) is 11.3 Å². The first-order chi connectivity index (χ1) is 12.2. The summed E-state index contributed by atoms with van der Waals surface area (Å²) in [6.45, 7) is 2.13. The first-order valence-electron chi connectivity index (χ1n) is 7.83. The third-order valence-electron chi connectivity index (χ3n) is 3.49. The van der Waals surface area contributed by atoms with Gasteiger partial charge in [0, 0.05) is 5.56 Å². The van der Waals surface area contributed by atoms with E-state index in [2.05, 4.69) is 4.99 Å². The molecular formula is C20H16ClNO3. The van der Waals surface area contributed by atoms with Crippen LogP contribution in [0.1, 0.15) is 23.0 Å². The largest absolute Gasteiger partial charge is 0.462 e. The molecule has 25 heavy (non-hydrogen) atoms. The van der Waals surface area contributed by atoms with E-state index in [9.17, 15) is 4.79 Å². The van der Waals surface area contributed by atoms with Crippen molar-refractivity contribution in [2.45, 2.75) is 6.92 Å². The molecule has 1 aromatic heterocycles. The summed E-state index contributed by atoms with van der Waals surface area (Å²) in [5.74, 6) is 0.961. The Hall–Kier alpha value is -2.85. The molecule has 0 amide bonds. The van der Waals surface area contributed by atoms with E-state index in [0.717, 1.165) is 5.56 Å². The van der Waals surface area contributed by atoms with Crippen LogP contribution in [0.2, 0.25) is 5.02 Å². The monoisotopic (exact) mass is 353 g/mol. The van der Waals surface area contributed by atoms with Gasteiger partial charge in [-0.2, -0.15) is 0 Å². The number of hydrogen-bond acceptors (Lipinski definition) is 4. The summed E-state index contributed by atoms with van der Waals surface area (Å²) in [6, 6.07) is 18.0. The number of benzene rings is 2. The smallest absolute Gasteiger partial charge is 0.338 e. The van der Waals surface area contributed by atoms with Crippen LogP contribution >= 0.6 is 11.6 Å². The van der Waals surface area contributed by atoms with E-state index in [4.69, 9.17) is 20.8 Å². The summed E-state index contributed by atoms with van der Waals surface area (Å²) in [6.07, 6.45) is 1.62. The van der Waals surface area contributed by atoms with Gasteiger partial charge in [0.05, 0.1) is 29.1 Å². The van der Waals surface area contributed by atoms with E-state index in [1.165, 1.54) is 0 Å². The average molecular weight is 354 g/mol. The summed E-state index contributed by atoms with van der Waals surface area (Å²) in [4.78, 5) is 16.0. The van der Waals surface area contributed by atoms with E-state index in [1.54, 1.807) is 37.4 Å². The van der Waals surface area contributed by atoms with E-state index in [-0.39, 0.29) is 5.97 Å². The Morgan fingerprint density at radius 1 is 1.12 bits per heavy atom. The molecule has 0 saturated carbocycles. The average Bonchev–Trinajstić information content (AvgIpc) is 3.10. The van der Waals surface area contributed by atoms with E-state index in [0.29, 0.717) is 34.4 Å². The molecule has 0 fully saturated rings. The predicted molar refractivity (Wildman–Crippen MR) is 98.8 cm³/mol. The third-order valence-corrected chi connectivity index (χ3v) is 3.81. The number of esters is 1. The Morgan fingerprint density at radius 3 is 2.60 bits per heavy atom. The summed E-state index contributed by atoms with van der Waals surface area (Å²) in [5.41, 5.74) is 2.05. The number of ether oxygens (including phenoxy) is 1.